The van der Waals surface area contributed by atoms with Crippen LogP contribution in [-0.4, -0.2) is 34.5 Å². The van der Waals surface area contributed by atoms with Crippen molar-refractivity contribution in [2.24, 2.45) is 0 Å². The quantitative estimate of drug-likeness (QED) is 0.775. The summed E-state index contributed by atoms with van der Waals surface area (Å²) < 4.78 is 0. The number of nitrogens with zero attached hydrogens (tertiary/aromatic N) is 2. The van der Waals surface area contributed by atoms with Gasteiger partial charge in [0.2, 0.25) is 0 Å². The second kappa shape index (κ2) is 6.55. The van der Waals surface area contributed by atoms with E-state index in [1.54, 1.807) is 6.20 Å². The molecule has 0 radical (unpaired) electrons. The third-order valence-corrected chi connectivity index (χ3v) is 4.63. The molecule has 3 heterocycles. The number of hydrogen-bond donors (Lipinski definition) is 2. The number of rotatable bonds is 3. The Morgan fingerprint density at radius 1 is 1.21 bits per heavy atom. The van der Waals surface area contributed by atoms with Crippen LogP contribution in [-0.2, 0) is 6.54 Å². The molecule has 5 heteroatoms. The fourth-order valence-electron chi connectivity index (χ4n) is 3.37. The average Bonchev–Trinajstić information content (AvgIpc) is 2.63. The van der Waals surface area contributed by atoms with Crippen molar-refractivity contribution in [3.63, 3.8) is 0 Å². The molecule has 24 heavy (non-hydrogen) atoms. The van der Waals surface area contributed by atoms with Gasteiger partial charge < -0.3 is 10.3 Å². The lowest BCUT2D eigenvalue weighted by atomic mass is 10.0. The highest BCUT2D eigenvalue weighted by Gasteiger charge is 2.24. The van der Waals surface area contributed by atoms with E-state index < -0.39 is 0 Å². The van der Waals surface area contributed by atoms with Crippen molar-refractivity contribution in [3.8, 4) is 0 Å². The van der Waals surface area contributed by atoms with E-state index in [2.05, 4.69) is 26.3 Å². The average molecular weight is 320 g/mol. The van der Waals surface area contributed by atoms with Crippen LogP contribution in [0.2, 0.25) is 0 Å². The van der Waals surface area contributed by atoms with Gasteiger partial charge in [-0.1, -0.05) is 24.3 Å². The van der Waals surface area contributed by atoms with Gasteiger partial charge in [-0.25, -0.2) is 0 Å². The molecule has 0 aliphatic carbocycles. The highest BCUT2D eigenvalue weighted by molar-refractivity contribution is 5.78. The summed E-state index contributed by atoms with van der Waals surface area (Å²) in [7, 11) is 0. The van der Waals surface area contributed by atoms with Crippen LogP contribution in [0.3, 0.4) is 0 Å². The van der Waals surface area contributed by atoms with Crippen LogP contribution in [0.15, 0.2) is 59.7 Å². The summed E-state index contributed by atoms with van der Waals surface area (Å²) in [6.45, 7) is 3.35. The van der Waals surface area contributed by atoms with E-state index in [1.807, 2.05) is 42.6 Å². The molecule has 2 N–H and O–H groups in total. The zero-order chi connectivity index (χ0) is 16.4. The maximum Gasteiger partial charge on any atom is 0.252 e. The minimum Gasteiger partial charge on any atom is -0.322 e. The summed E-state index contributed by atoms with van der Waals surface area (Å²) in [5.41, 5.74) is 2.87. The first kappa shape index (κ1) is 15.1. The molecule has 0 amide bonds. The molecule has 5 nitrogen and oxygen atoms in total. The fraction of sp³-hybridized carbons (Fsp3) is 0.263. The Labute approximate surface area is 140 Å². The lowest BCUT2D eigenvalue weighted by molar-refractivity contribution is 0.153. The van der Waals surface area contributed by atoms with Gasteiger partial charge in [0.05, 0.1) is 0 Å². The molecule has 1 aromatic carbocycles. The lowest BCUT2D eigenvalue weighted by Crippen LogP contribution is -2.46. The summed E-state index contributed by atoms with van der Waals surface area (Å²) in [6.07, 6.45) is 3.70. The Hall–Kier alpha value is -2.50. The molecule has 1 atom stereocenters. The highest BCUT2D eigenvalue weighted by atomic mass is 16.1. The number of aromatic amines is 1. The molecule has 1 saturated heterocycles. The number of piperazine rings is 1. The van der Waals surface area contributed by atoms with Crippen LogP contribution < -0.4 is 10.9 Å². The third kappa shape index (κ3) is 2.96. The predicted molar refractivity (Wildman–Crippen MR) is 94.8 cm³/mol. The number of hydrogen-bond acceptors (Lipinski definition) is 4. The Morgan fingerprint density at radius 3 is 3.00 bits per heavy atom. The molecule has 1 aliphatic rings. The maximum absolute atomic E-state index is 12.4. The minimum absolute atomic E-state index is 0.00262. The van der Waals surface area contributed by atoms with E-state index in [4.69, 9.17) is 0 Å². The van der Waals surface area contributed by atoms with E-state index in [-0.39, 0.29) is 11.6 Å². The molecule has 0 bridgehead atoms. The lowest BCUT2D eigenvalue weighted by Gasteiger charge is -2.36. The standard InChI is InChI=1S/C19H20N4O/c24-19-16(10-14-4-1-2-6-17(14)22-19)13-23-9-8-21-12-18(23)15-5-3-7-20-11-15/h1-7,10-11,18,21H,8-9,12-13H2,(H,22,24). The summed E-state index contributed by atoms with van der Waals surface area (Å²) in [6, 6.07) is 14.2. The van der Waals surface area contributed by atoms with Gasteiger partial charge in [0.15, 0.2) is 0 Å². The molecule has 3 aromatic rings. The maximum atomic E-state index is 12.4. The van der Waals surface area contributed by atoms with E-state index in [9.17, 15) is 4.79 Å². The minimum atomic E-state index is -0.00262. The SMILES string of the molecule is O=c1[nH]c2ccccc2cc1CN1CCNCC1c1cccnc1. The Morgan fingerprint density at radius 2 is 2.12 bits per heavy atom. The summed E-state index contributed by atoms with van der Waals surface area (Å²) in [5.74, 6) is 0. The zero-order valence-electron chi connectivity index (χ0n) is 13.4. The van der Waals surface area contributed by atoms with Crippen LogP contribution in [0, 0.1) is 0 Å². The Kier molecular flexibility index (Phi) is 4.11. The number of fused-ring (bicyclic) bond motifs is 1. The van der Waals surface area contributed by atoms with Crippen molar-refractivity contribution in [1.82, 2.24) is 20.2 Å². The molecule has 1 fully saturated rings. The molecule has 4 rings (SSSR count). The number of pyridine rings is 2. The summed E-state index contributed by atoms with van der Waals surface area (Å²) in [4.78, 5) is 22.0. The van der Waals surface area contributed by atoms with Gasteiger partial charge in [0, 0.05) is 55.7 Å². The van der Waals surface area contributed by atoms with Gasteiger partial charge in [-0.05, 0) is 29.1 Å². The third-order valence-electron chi connectivity index (χ3n) is 4.63. The van der Waals surface area contributed by atoms with E-state index >= 15 is 0 Å². The van der Waals surface area contributed by atoms with Crippen LogP contribution >= 0.6 is 0 Å². The van der Waals surface area contributed by atoms with E-state index in [0.717, 1.165) is 36.1 Å². The van der Waals surface area contributed by atoms with Crippen LogP contribution in [0.4, 0.5) is 0 Å². The van der Waals surface area contributed by atoms with Gasteiger partial charge in [-0.2, -0.15) is 0 Å². The van der Waals surface area contributed by atoms with Gasteiger partial charge in [0.1, 0.15) is 0 Å². The van der Waals surface area contributed by atoms with Gasteiger partial charge >= 0.3 is 0 Å². The first-order chi connectivity index (χ1) is 11.8. The van der Waals surface area contributed by atoms with Crippen molar-refractivity contribution < 1.29 is 0 Å². The summed E-state index contributed by atoms with van der Waals surface area (Å²) >= 11 is 0. The van der Waals surface area contributed by atoms with E-state index in [0.29, 0.717) is 6.54 Å². The number of H-pyrrole nitrogens is 1. The van der Waals surface area contributed by atoms with Crippen molar-refractivity contribution in [2.45, 2.75) is 12.6 Å². The van der Waals surface area contributed by atoms with Gasteiger partial charge in [0.25, 0.3) is 5.56 Å². The van der Waals surface area contributed by atoms with Crippen molar-refractivity contribution >= 4 is 10.9 Å². The van der Waals surface area contributed by atoms with Crippen LogP contribution in [0.1, 0.15) is 17.2 Å². The Balaban J connectivity index is 1.65. The molecule has 1 aliphatic heterocycles. The number of benzene rings is 1. The molecule has 0 saturated carbocycles. The first-order valence-electron chi connectivity index (χ1n) is 8.27. The van der Waals surface area contributed by atoms with Crippen LogP contribution in [0.5, 0.6) is 0 Å². The number of nitrogens with one attached hydrogen (secondary N) is 2. The first-order valence-corrected chi connectivity index (χ1v) is 8.27. The van der Waals surface area contributed by atoms with Crippen LogP contribution in [0.25, 0.3) is 10.9 Å². The van der Waals surface area contributed by atoms with Crippen molar-refractivity contribution in [3.05, 3.63) is 76.3 Å². The zero-order valence-corrected chi connectivity index (χ0v) is 13.4. The molecule has 2 aromatic heterocycles. The fourth-order valence-corrected chi connectivity index (χ4v) is 3.37. The Bertz CT molecular complexity index is 891. The number of aromatic nitrogens is 2. The molecule has 122 valence electrons. The second-order valence-electron chi connectivity index (χ2n) is 6.19. The largest absolute Gasteiger partial charge is 0.322 e. The topological polar surface area (TPSA) is 61.0 Å². The molecular formula is C19H20N4O. The predicted octanol–water partition coefficient (Wildman–Crippen LogP) is 2.07. The van der Waals surface area contributed by atoms with E-state index in [1.165, 1.54) is 5.56 Å². The smallest absolute Gasteiger partial charge is 0.252 e. The van der Waals surface area contributed by atoms with Gasteiger partial charge in [-0.15, -0.1) is 0 Å². The molecule has 1 unspecified atom stereocenters. The second-order valence-corrected chi connectivity index (χ2v) is 6.19. The molecular weight excluding hydrogens is 300 g/mol. The van der Waals surface area contributed by atoms with Crippen molar-refractivity contribution in [2.75, 3.05) is 19.6 Å². The number of para-hydroxylation sites is 1. The summed E-state index contributed by atoms with van der Waals surface area (Å²) in [5, 5.41) is 4.51. The normalized spacial score (nSPS) is 18.8. The molecule has 0 spiro atoms. The van der Waals surface area contributed by atoms with Crippen molar-refractivity contribution in [1.29, 1.82) is 0 Å². The van der Waals surface area contributed by atoms with Gasteiger partial charge in [-0.3, -0.25) is 14.7 Å². The monoisotopic (exact) mass is 320 g/mol. The highest BCUT2D eigenvalue weighted by Crippen LogP contribution is 2.23.